The van der Waals surface area contributed by atoms with Gasteiger partial charge in [-0.25, -0.2) is 0 Å². The Morgan fingerprint density at radius 3 is 2.74 bits per heavy atom. The molecule has 0 bridgehead atoms. The van der Waals surface area contributed by atoms with Gasteiger partial charge in [-0.3, -0.25) is 30.6 Å². The van der Waals surface area contributed by atoms with Crippen molar-refractivity contribution in [3.8, 4) is 0 Å². The summed E-state index contributed by atoms with van der Waals surface area (Å²) in [5.41, 5.74) is 6.06. The Morgan fingerprint density at radius 2 is 1.96 bits per heavy atom. The van der Waals surface area contributed by atoms with Crippen LogP contribution in [-0.4, -0.2) is 29.8 Å². The number of amides is 2. The normalized spacial score (nSPS) is 12.9. The molecule has 0 fully saturated rings. The van der Waals surface area contributed by atoms with E-state index < -0.39 is 22.4 Å². The number of benzene rings is 2. The molecule has 2 N–H and O–H groups in total. The first kappa shape index (κ1) is 18.7. The van der Waals surface area contributed by atoms with Crippen LogP contribution in [0.4, 0.5) is 11.4 Å². The number of carbonyl (C=O) groups is 2. The van der Waals surface area contributed by atoms with Gasteiger partial charge in [0.2, 0.25) is 0 Å². The first-order valence-electron chi connectivity index (χ1n) is 8.31. The molecule has 1 heterocycles. The summed E-state index contributed by atoms with van der Waals surface area (Å²) in [6.45, 7) is 0.799. The van der Waals surface area contributed by atoms with E-state index in [9.17, 15) is 19.7 Å². The standard InChI is InChI=1S/C18H17ClN4O4/c19-13-7-8-16(23(26)27)14(10-13)18(25)21-20-17(24)11-22-9-3-5-12-4-1-2-6-15(12)22/h1-2,4,6-8,10H,3,5,9,11H2,(H,20,24)(H,21,25). The summed E-state index contributed by atoms with van der Waals surface area (Å²) in [7, 11) is 0. The summed E-state index contributed by atoms with van der Waals surface area (Å²) in [5.74, 6) is -1.23. The van der Waals surface area contributed by atoms with Crippen LogP contribution in [0, 0.1) is 10.1 Å². The first-order chi connectivity index (χ1) is 13.0. The molecule has 3 rings (SSSR count). The first-order valence-corrected chi connectivity index (χ1v) is 8.69. The number of nitro benzene ring substituents is 1. The maximum Gasteiger partial charge on any atom is 0.282 e. The Balaban J connectivity index is 1.63. The van der Waals surface area contributed by atoms with E-state index in [1.165, 1.54) is 17.7 Å². The zero-order chi connectivity index (χ0) is 19.4. The molecular formula is C18H17ClN4O4. The maximum absolute atomic E-state index is 12.2. The van der Waals surface area contributed by atoms with Gasteiger partial charge in [-0.15, -0.1) is 0 Å². The summed E-state index contributed by atoms with van der Waals surface area (Å²) < 4.78 is 0. The quantitative estimate of drug-likeness (QED) is 0.618. The minimum absolute atomic E-state index is 0.0644. The second-order valence-electron chi connectivity index (χ2n) is 6.07. The number of halogens is 1. The molecule has 0 aromatic heterocycles. The minimum Gasteiger partial charge on any atom is -0.362 e. The molecule has 2 aromatic rings. The van der Waals surface area contributed by atoms with Crippen molar-refractivity contribution < 1.29 is 14.5 Å². The summed E-state index contributed by atoms with van der Waals surface area (Å²) in [6, 6.07) is 11.5. The second-order valence-corrected chi connectivity index (χ2v) is 6.51. The fourth-order valence-electron chi connectivity index (χ4n) is 3.03. The third kappa shape index (κ3) is 4.35. The number of hydrogen-bond acceptors (Lipinski definition) is 5. The number of hydrazine groups is 1. The van der Waals surface area contributed by atoms with Crippen molar-refractivity contribution in [1.29, 1.82) is 0 Å². The Hall–Kier alpha value is -3.13. The lowest BCUT2D eigenvalue weighted by molar-refractivity contribution is -0.385. The van der Waals surface area contributed by atoms with Crippen LogP contribution in [0.5, 0.6) is 0 Å². The van der Waals surface area contributed by atoms with Gasteiger partial charge in [-0.2, -0.15) is 0 Å². The molecule has 0 saturated carbocycles. The van der Waals surface area contributed by atoms with Crippen LogP contribution >= 0.6 is 11.6 Å². The molecule has 27 heavy (non-hydrogen) atoms. The van der Waals surface area contributed by atoms with Gasteiger partial charge in [-0.05, 0) is 36.6 Å². The highest BCUT2D eigenvalue weighted by molar-refractivity contribution is 6.31. The molecule has 0 spiro atoms. The monoisotopic (exact) mass is 388 g/mol. The Bertz CT molecular complexity index is 903. The predicted octanol–water partition coefficient (Wildman–Crippen LogP) is 2.46. The molecule has 0 unspecified atom stereocenters. The van der Waals surface area contributed by atoms with Crippen LogP contribution in [0.3, 0.4) is 0 Å². The number of nitro groups is 1. The number of hydrogen-bond donors (Lipinski definition) is 2. The van der Waals surface area contributed by atoms with E-state index >= 15 is 0 Å². The Labute approximate surface area is 160 Å². The van der Waals surface area contributed by atoms with Crippen molar-refractivity contribution in [1.82, 2.24) is 10.9 Å². The Kier molecular flexibility index (Phi) is 5.56. The fraction of sp³-hybridized carbons (Fsp3) is 0.222. The SMILES string of the molecule is O=C(CN1CCCc2ccccc21)NNC(=O)c1cc(Cl)ccc1[N+](=O)[O-]. The van der Waals surface area contributed by atoms with Crippen molar-refractivity contribution in [2.24, 2.45) is 0 Å². The van der Waals surface area contributed by atoms with Gasteiger partial charge in [0.05, 0.1) is 11.5 Å². The van der Waals surface area contributed by atoms with E-state index in [4.69, 9.17) is 11.6 Å². The number of fused-ring (bicyclic) bond motifs is 1. The number of anilines is 1. The molecule has 0 atom stereocenters. The predicted molar refractivity (Wildman–Crippen MR) is 101 cm³/mol. The fourth-order valence-corrected chi connectivity index (χ4v) is 3.20. The van der Waals surface area contributed by atoms with Gasteiger partial charge < -0.3 is 4.90 Å². The van der Waals surface area contributed by atoms with Crippen LogP contribution in [-0.2, 0) is 11.2 Å². The highest BCUT2D eigenvalue weighted by atomic mass is 35.5. The van der Waals surface area contributed by atoms with Crippen LogP contribution in [0.15, 0.2) is 42.5 Å². The molecule has 2 aromatic carbocycles. The molecule has 0 radical (unpaired) electrons. The smallest absolute Gasteiger partial charge is 0.282 e. The largest absolute Gasteiger partial charge is 0.362 e. The average Bonchev–Trinajstić information content (AvgIpc) is 2.66. The number of aryl methyl sites for hydroxylation is 1. The lowest BCUT2D eigenvalue weighted by Gasteiger charge is -2.30. The molecular weight excluding hydrogens is 372 g/mol. The lowest BCUT2D eigenvalue weighted by Crippen LogP contribution is -2.47. The van der Waals surface area contributed by atoms with Crippen LogP contribution in [0.1, 0.15) is 22.3 Å². The van der Waals surface area contributed by atoms with E-state index in [0.29, 0.717) is 0 Å². The van der Waals surface area contributed by atoms with E-state index in [2.05, 4.69) is 10.9 Å². The molecule has 140 valence electrons. The molecule has 8 nitrogen and oxygen atoms in total. The maximum atomic E-state index is 12.2. The summed E-state index contributed by atoms with van der Waals surface area (Å²) >= 11 is 5.81. The molecule has 9 heteroatoms. The van der Waals surface area contributed by atoms with E-state index in [1.807, 2.05) is 29.2 Å². The van der Waals surface area contributed by atoms with Gasteiger partial charge in [0, 0.05) is 23.3 Å². The van der Waals surface area contributed by atoms with Crippen molar-refractivity contribution in [3.05, 3.63) is 68.7 Å². The van der Waals surface area contributed by atoms with Crippen LogP contribution < -0.4 is 15.8 Å². The number of para-hydroxylation sites is 1. The topological polar surface area (TPSA) is 105 Å². The number of nitrogens with zero attached hydrogens (tertiary/aromatic N) is 2. The third-order valence-corrected chi connectivity index (χ3v) is 4.49. The average molecular weight is 389 g/mol. The third-order valence-electron chi connectivity index (χ3n) is 4.26. The lowest BCUT2D eigenvalue weighted by atomic mass is 10.0. The number of rotatable bonds is 4. The van der Waals surface area contributed by atoms with Crippen LogP contribution in [0.2, 0.25) is 5.02 Å². The number of carbonyl (C=O) groups excluding carboxylic acids is 2. The van der Waals surface area contributed by atoms with Crippen molar-refractivity contribution in [2.45, 2.75) is 12.8 Å². The van der Waals surface area contributed by atoms with E-state index in [0.717, 1.165) is 31.1 Å². The van der Waals surface area contributed by atoms with Gasteiger partial charge in [0.25, 0.3) is 17.5 Å². The molecule has 1 aliphatic rings. The van der Waals surface area contributed by atoms with Crippen molar-refractivity contribution >= 4 is 34.8 Å². The molecule has 0 aliphatic carbocycles. The van der Waals surface area contributed by atoms with E-state index in [1.54, 1.807) is 0 Å². The summed E-state index contributed by atoms with van der Waals surface area (Å²) in [5, 5.41) is 11.2. The molecule has 0 saturated heterocycles. The second kappa shape index (κ2) is 8.05. The molecule has 2 amide bonds. The zero-order valence-electron chi connectivity index (χ0n) is 14.3. The molecule has 1 aliphatic heterocycles. The van der Waals surface area contributed by atoms with Gasteiger partial charge in [0.15, 0.2) is 0 Å². The summed E-state index contributed by atoms with van der Waals surface area (Å²) in [4.78, 5) is 36.7. The van der Waals surface area contributed by atoms with Crippen molar-refractivity contribution in [2.75, 3.05) is 18.0 Å². The van der Waals surface area contributed by atoms with E-state index in [-0.39, 0.29) is 17.1 Å². The Morgan fingerprint density at radius 1 is 1.19 bits per heavy atom. The summed E-state index contributed by atoms with van der Waals surface area (Å²) in [6.07, 6.45) is 1.90. The highest BCUT2D eigenvalue weighted by Gasteiger charge is 2.22. The zero-order valence-corrected chi connectivity index (χ0v) is 15.0. The van der Waals surface area contributed by atoms with Gasteiger partial charge >= 0.3 is 0 Å². The van der Waals surface area contributed by atoms with Gasteiger partial charge in [-0.1, -0.05) is 29.8 Å². The van der Waals surface area contributed by atoms with Crippen molar-refractivity contribution in [3.63, 3.8) is 0 Å². The minimum atomic E-state index is -0.809. The number of nitrogens with one attached hydrogen (secondary N) is 2. The highest BCUT2D eigenvalue weighted by Crippen LogP contribution is 2.26. The van der Waals surface area contributed by atoms with Gasteiger partial charge in [0.1, 0.15) is 5.56 Å². The van der Waals surface area contributed by atoms with Crippen LogP contribution in [0.25, 0.3) is 0 Å².